The first-order chi connectivity index (χ1) is 9.93. The fourth-order valence-corrected chi connectivity index (χ4v) is 3.54. The second-order valence-corrected chi connectivity index (χ2v) is 6.24. The van der Waals surface area contributed by atoms with Crippen LogP contribution in [0.2, 0.25) is 0 Å². The van der Waals surface area contributed by atoms with Crippen LogP contribution in [0.1, 0.15) is 50.5 Å². The van der Waals surface area contributed by atoms with Crippen molar-refractivity contribution in [3.8, 4) is 0 Å². The molecule has 0 amide bonds. The number of fused-ring (bicyclic) bond motifs is 1. The van der Waals surface area contributed by atoms with Crippen molar-refractivity contribution in [2.75, 3.05) is 6.54 Å². The summed E-state index contributed by atoms with van der Waals surface area (Å²) >= 11 is 0. The Kier molecular flexibility index (Phi) is 4.75. The van der Waals surface area contributed by atoms with Crippen molar-refractivity contribution in [2.24, 2.45) is 0 Å². The minimum Gasteiger partial charge on any atom is -0.361 e. The van der Waals surface area contributed by atoms with Crippen molar-refractivity contribution in [3.05, 3.63) is 36.0 Å². The Morgan fingerprint density at radius 3 is 2.60 bits per heavy atom. The molecule has 0 atom stereocenters. The molecule has 2 aromatic rings. The molecule has 108 valence electrons. The molecule has 0 spiro atoms. The predicted molar refractivity (Wildman–Crippen MR) is 84.9 cm³/mol. The van der Waals surface area contributed by atoms with Crippen LogP contribution < -0.4 is 5.32 Å². The smallest absolute Gasteiger partial charge is 0.0859 e. The van der Waals surface area contributed by atoms with E-state index in [2.05, 4.69) is 40.8 Å². The van der Waals surface area contributed by atoms with Crippen LogP contribution >= 0.6 is 0 Å². The molecule has 1 aromatic carbocycles. The van der Waals surface area contributed by atoms with Gasteiger partial charge in [0.05, 0.1) is 12.6 Å². The Hall–Kier alpha value is -1.28. The fraction of sp³-hybridized carbons (Fsp3) is 0.556. The molecule has 3 rings (SSSR count). The van der Waals surface area contributed by atoms with Crippen LogP contribution in [-0.2, 0) is 6.42 Å². The average Bonchev–Trinajstić information content (AvgIpc) is 2.84. The number of aromatic nitrogens is 1. The lowest BCUT2D eigenvalue weighted by Gasteiger charge is -2.18. The second kappa shape index (κ2) is 6.94. The van der Waals surface area contributed by atoms with E-state index < -0.39 is 0 Å². The lowest BCUT2D eigenvalue weighted by Crippen LogP contribution is -2.90. The highest BCUT2D eigenvalue weighted by Crippen LogP contribution is 2.18. The third-order valence-electron chi connectivity index (χ3n) is 4.74. The summed E-state index contributed by atoms with van der Waals surface area (Å²) in [6.07, 6.45) is 13.5. The number of aromatic amines is 1. The molecule has 0 aliphatic heterocycles. The SMILES string of the molecule is c1ccc2c(CC[NH2+]C3CCCCCCC3)c[nH]c2c1. The van der Waals surface area contributed by atoms with E-state index in [9.17, 15) is 0 Å². The lowest BCUT2D eigenvalue weighted by molar-refractivity contribution is -0.690. The zero-order valence-corrected chi connectivity index (χ0v) is 12.4. The van der Waals surface area contributed by atoms with Crippen LogP contribution in [0.25, 0.3) is 10.9 Å². The van der Waals surface area contributed by atoms with Crippen molar-refractivity contribution < 1.29 is 5.32 Å². The number of quaternary nitrogens is 1. The van der Waals surface area contributed by atoms with E-state index in [-0.39, 0.29) is 0 Å². The first kappa shape index (κ1) is 13.7. The van der Waals surface area contributed by atoms with Crippen LogP contribution in [0, 0.1) is 0 Å². The molecule has 1 fully saturated rings. The van der Waals surface area contributed by atoms with Gasteiger partial charge in [0, 0.05) is 23.5 Å². The van der Waals surface area contributed by atoms with Crippen molar-refractivity contribution in [3.63, 3.8) is 0 Å². The molecular weight excluding hydrogens is 244 g/mol. The molecule has 1 aromatic heterocycles. The number of benzene rings is 1. The zero-order valence-electron chi connectivity index (χ0n) is 12.4. The van der Waals surface area contributed by atoms with Gasteiger partial charge in [-0.15, -0.1) is 0 Å². The zero-order chi connectivity index (χ0) is 13.6. The molecule has 20 heavy (non-hydrogen) atoms. The van der Waals surface area contributed by atoms with Crippen molar-refractivity contribution in [2.45, 2.75) is 57.4 Å². The summed E-state index contributed by atoms with van der Waals surface area (Å²) in [5.41, 5.74) is 2.75. The fourth-order valence-electron chi connectivity index (χ4n) is 3.54. The molecule has 1 aliphatic carbocycles. The van der Waals surface area contributed by atoms with Gasteiger partial charge in [0.2, 0.25) is 0 Å². The minimum absolute atomic E-state index is 0.875. The summed E-state index contributed by atoms with van der Waals surface area (Å²) in [5, 5.41) is 4.01. The van der Waals surface area contributed by atoms with Crippen molar-refractivity contribution in [1.29, 1.82) is 0 Å². The summed E-state index contributed by atoms with van der Waals surface area (Å²) < 4.78 is 0. The normalized spacial score (nSPS) is 18.0. The summed E-state index contributed by atoms with van der Waals surface area (Å²) in [5.74, 6) is 0. The Labute approximate surface area is 122 Å². The number of para-hydroxylation sites is 1. The third kappa shape index (κ3) is 3.43. The average molecular weight is 271 g/mol. The Morgan fingerprint density at radius 1 is 1.00 bits per heavy atom. The van der Waals surface area contributed by atoms with E-state index in [1.807, 2.05) is 0 Å². The second-order valence-electron chi connectivity index (χ2n) is 6.24. The van der Waals surface area contributed by atoms with E-state index >= 15 is 0 Å². The Morgan fingerprint density at radius 2 is 1.75 bits per heavy atom. The Bertz CT molecular complexity index is 521. The molecular formula is C18H27N2+. The molecule has 0 unspecified atom stereocenters. The molecule has 1 saturated carbocycles. The van der Waals surface area contributed by atoms with Gasteiger partial charge in [-0.25, -0.2) is 0 Å². The molecule has 0 saturated heterocycles. The molecule has 2 nitrogen and oxygen atoms in total. The number of rotatable bonds is 4. The maximum Gasteiger partial charge on any atom is 0.0859 e. The van der Waals surface area contributed by atoms with Gasteiger partial charge in [-0.3, -0.25) is 0 Å². The minimum atomic E-state index is 0.875. The highest BCUT2D eigenvalue weighted by atomic mass is 14.9. The number of hydrogen-bond acceptors (Lipinski definition) is 0. The van der Waals surface area contributed by atoms with Gasteiger partial charge in [0.25, 0.3) is 0 Å². The molecule has 1 aliphatic rings. The van der Waals surface area contributed by atoms with Gasteiger partial charge < -0.3 is 10.3 Å². The number of nitrogens with one attached hydrogen (secondary N) is 1. The maximum absolute atomic E-state index is 3.38. The molecule has 0 radical (unpaired) electrons. The van der Waals surface area contributed by atoms with E-state index in [1.165, 1.54) is 74.4 Å². The van der Waals surface area contributed by atoms with Crippen LogP contribution in [-0.4, -0.2) is 17.6 Å². The first-order valence-corrected chi connectivity index (χ1v) is 8.32. The molecule has 3 N–H and O–H groups in total. The number of hydrogen-bond donors (Lipinski definition) is 2. The Balaban J connectivity index is 1.51. The van der Waals surface area contributed by atoms with E-state index in [0.29, 0.717) is 0 Å². The largest absolute Gasteiger partial charge is 0.361 e. The van der Waals surface area contributed by atoms with E-state index in [0.717, 1.165) is 6.04 Å². The van der Waals surface area contributed by atoms with Crippen molar-refractivity contribution >= 4 is 10.9 Å². The van der Waals surface area contributed by atoms with Crippen molar-refractivity contribution in [1.82, 2.24) is 4.98 Å². The van der Waals surface area contributed by atoms with Gasteiger partial charge in [0.15, 0.2) is 0 Å². The molecule has 2 heteroatoms. The third-order valence-corrected chi connectivity index (χ3v) is 4.74. The van der Waals surface area contributed by atoms with Gasteiger partial charge in [-0.2, -0.15) is 0 Å². The highest BCUT2D eigenvalue weighted by Gasteiger charge is 2.13. The predicted octanol–water partition coefficient (Wildman–Crippen LogP) is 3.39. The van der Waals surface area contributed by atoms with Crippen LogP contribution in [0.4, 0.5) is 0 Å². The first-order valence-electron chi connectivity index (χ1n) is 8.32. The maximum atomic E-state index is 3.38. The highest BCUT2D eigenvalue weighted by molar-refractivity contribution is 5.82. The van der Waals surface area contributed by atoms with E-state index in [4.69, 9.17) is 0 Å². The lowest BCUT2D eigenvalue weighted by atomic mass is 9.96. The standard InChI is InChI=1S/C18H26N2/c1-2-4-8-16(9-5-3-1)19-13-12-15-14-20-18-11-7-6-10-17(15)18/h6-7,10-11,14,16,19-20H,1-5,8-9,12-13H2/p+1. The van der Waals surface area contributed by atoms with E-state index in [1.54, 1.807) is 0 Å². The van der Waals surface area contributed by atoms with Gasteiger partial charge >= 0.3 is 0 Å². The summed E-state index contributed by atoms with van der Waals surface area (Å²) in [6.45, 7) is 1.23. The topological polar surface area (TPSA) is 32.4 Å². The van der Waals surface area contributed by atoms with Gasteiger partial charge in [0.1, 0.15) is 0 Å². The van der Waals surface area contributed by atoms with Gasteiger partial charge in [-0.05, 0) is 37.3 Å². The monoisotopic (exact) mass is 271 g/mol. The summed E-state index contributed by atoms with van der Waals surface area (Å²) in [6, 6.07) is 9.51. The summed E-state index contributed by atoms with van der Waals surface area (Å²) in [7, 11) is 0. The van der Waals surface area contributed by atoms with Crippen LogP contribution in [0.3, 0.4) is 0 Å². The number of H-pyrrole nitrogens is 1. The van der Waals surface area contributed by atoms with Crippen LogP contribution in [0.5, 0.6) is 0 Å². The van der Waals surface area contributed by atoms with Crippen LogP contribution in [0.15, 0.2) is 30.5 Å². The van der Waals surface area contributed by atoms with Gasteiger partial charge in [-0.1, -0.05) is 37.5 Å². The molecule has 0 bridgehead atoms. The summed E-state index contributed by atoms with van der Waals surface area (Å²) in [4.78, 5) is 3.38. The quantitative estimate of drug-likeness (QED) is 0.854. The number of nitrogens with two attached hydrogens (primary N) is 1. The molecule has 1 heterocycles.